The van der Waals surface area contributed by atoms with Crippen molar-refractivity contribution in [1.29, 1.82) is 0 Å². The molecule has 4 rings (SSSR count). The van der Waals surface area contributed by atoms with Gasteiger partial charge in [0.05, 0.1) is 16.6 Å². The molecule has 2 N–H and O–H groups in total. The van der Waals surface area contributed by atoms with Gasteiger partial charge in [0.25, 0.3) is 0 Å². The molecule has 2 aliphatic heterocycles. The molecule has 160 valence electrons. The van der Waals surface area contributed by atoms with Gasteiger partial charge < -0.3 is 15.5 Å². The third-order valence-electron chi connectivity index (χ3n) is 6.10. The Hall–Kier alpha value is -2.25. The molecule has 30 heavy (non-hydrogen) atoms. The van der Waals surface area contributed by atoms with Gasteiger partial charge in [-0.1, -0.05) is 29.8 Å². The molecule has 1 fully saturated rings. The van der Waals surface area contributed by atoms with Crippen LogP contribution < -0.4 is 15.5 Å². The minimum absolute atomic E-state index is 0.303. The predicted molar refractivity (Wildman–Crippen MR) is 112 cm³/mol. The second kappa shape index (κ2) is 6.89. The molecule has 0 atom stereocenters. The molecule has 0 radical (unpaired) electrons. The Morgan fingerprint density at radius 2 is 1.87 bits per heavy atom. The maximum Gasteiger partial charge on any atom is 0.406 e. The van der Waals surface area contributed by atoms with Crippen molar-refractivity contribution in [3.63, 3.8) is 0 Å². The normalized spacial score (nSPS) is 19.4. The molecule has 2 aromatic carbocycles. The maximum absolute atomic E-state index is 13.1. The Kier molecular flexibility index (Phi) is 4.82. The van der Waals surface area contributed by atoms with Gasteiger partial charge in [-0.25, -0.2) is 0 Å². The first-order chi connectivity index (χ1) is 13.9. The van der Waals surface area contributed by atoms with E-state index in [1.165, 1.54) is 0 Å². The number of fused-ring (bicyclic) bond motifs is 1. The van der Waals surface area contributed by atoms with Gasteiger partial charge in [-0.05, 0) is 55.7 Å². The lowest BCUT2D eigenvalue weighted by Crippen LogP contribution is -2.61. The smallest absolute Gasteiger partial charge is 0.373 e. The molecule has 2 aromatic rings. The van der Waals surface area contributed by atoms with Crippen LogP contribution in [0.3, 0.4) is 0 Å². The second-order valence-electron chi connectivity index (χ2n) is 8.59. The van der Waals surface area contributed by atoms with Gasteiger partial charge in [-0.3, -0.25) is 4.79 Å². The van der Waals surface area contributed by atoms with Gasteiger partial charge in [-0.15, -0.1) is 0 Å². The number of carbonyl (C=O) groups is 1. The van der Waals surface area contributed by atoms with Crippen LogP contribution in [0.25, 0.3) is 0 Å². The first-order valence-corrected chi connectivity index (χ1v) is 10.1. The number of benzene rings is 2. The predicted octanol–water partition coefficient (Wildman–Crippen LogP) is 4.75. The summed E-state index contributed by atoms with van der Waals surface area (Å²) < 4.78 is 39.4. The highest BCUT2D eigenvalue weighted by atomic mass is 35.5. The highest BCUT2D eigenvalue weighted by Gasteiger charge is 2.48. The molecule has 8 heteroatoms. The molecule has 0 saturated carbocycles. The fraction of sp³-hybridized carbons (Fsp3) is 0.409. The summed E-state index contributed by atoms with van der Waals surface area (Å²) in [6, 6.07) is 10.9. The van der Waals surface area contributed by atoms with Crippen molar-refractivity contribution in [2.24, 2.45) is 0 Å². The standard InChI is InChI=1S/C22H23ClF3N3O/c1-13-15(5-4-6-17(13)23)21(10-27-11-21)28-14-7-8-16-18(9-14)29(12-22(24,25)26)19(30)20(16,2)3/h4-9,27-28H,10-12H2,1-3H3. The number of nitrogens with one attached hydrogen (secondary N) is 2. The number of amides is 1. The van der Waals surface area contributed by atoms with Gasteiger partial charge in [0.15, 0.2) is 0 Å². The first-order valence-electron chi connectivity index (χ1n) is 9.72. The Bertz CT molecular complexity index is 1020. The number of nitrogens with zero attached hydrogens (tertiary/aromatic N) is 1. The van der Waals surface area contributed by atoms with E-state index in [-0.39, 0.29) is 0 Å². The van der Waals surface area contributed by atoms with Crippen LogP contribution in [0.2, 0.25) is 5.02 Å². The van der Waals surface area contributed by atoms with Crippen molar-refractivity contribution in [3.8, 4) is 0 Å². The summed E-state index contributed by atoms with van der Waals surface area (Å²) in [6.45, 7) is 5.28. The molecule has 4 nitrogen and oxygen atoms in total. The molecule has 0 bridgehead atoms. The monoisotopic (exact) mass is 437 g/mol. The lowest BCUT2D eigenvalue weighted by Gasteiger charge is -2.45. The molecule has 0 aliphatic carbocycles. The van der Waals surface area contributed by atoms with Crippen molar-refractivity contribution < 1.29 is 18.0 Å². The van der Waals surface area contributed by atoms with E-state index in [1.807, 2.05) is 31.2 Å². The maximum atomic E-state index is 13.1. The molecule has 0 spiro atoms. The van der Waals surface area contributed by atoms with E-state index in [2.05, 4.69) is 10.6 Å². The van der Waals surface area contributed by atoms with E-state index in [0.29, 0.717) is 35.1 Å². The quantitative estimate of drug-likeness (QED) is 0.725. The summed E-state index contributed by atoms with van der Waals surface area (Å²) in [4.78, 5) is 13.6. The van der Waals surface area contributed by atoms with Gasteiger partial charge in [0.2, 0.25) is 5.91 Å². The third kappa shape index (κ3) is 3.34. The van der Waals surface area contributed by atoms with Gasteiger partial charge in [-0.2, -0.15) is 13.2 Å². The number of hydrogen-bond donors (Lipinski definition) is 2. The zero-order valence-electron chi connectivity index (χ0n) is 17.0. The van der Waals surface area contributed by atoms with Crippen molar-refractivity contribution in [3.05, 3.63) is 58.1 Å². The lowest BCUT2D eigenvalue weighted by atomic mass is 9.81. The molecule has 1 saturated heterocycles. The average Bonchev–Trinajstić information content (AvgIpc) is 2.80. The fourth-order valence-corrected chi connectivity index (χ4v) is 4.56. The molecule has 2 heterocycles. The number of carbonyl (C=O) groups excluding carboxylic acids is 1. The largest absolute Gasteiger partial charge is 0.406 e. The Balaban J connectivity index is 1.72. The number of hydrogen-bond acceptors (Lipinski definition) is 3. The Labute approximate surface area is 178 Å². The van der Waals surface area contributed by atoms with E-state index in [1.54, 1.807) is 26.0 Å². The summed E-state index contributed by atoms with van der Waals surface area (Å²) in [5.74, 6) is -0.544. The topological polar surface area (TPSA) is 44.4 Å². The number of rotatable bonds is 4. The van der Waals surface area contributed by atoms with E-state index in [4.69, 9.17) is 11.6 Å². The average molecular weight is 438 g/mol. The van der Waals surface area contributed by atoms with Crippen LogP contribution in [0.1, 0.15) is 30.5 Å². The Morgan fingerprint density at radius 3 is 2.47 bits per heavy atom. The van der Waals surface area contributed by atoms with Crippen LogP contribution in [0.15, 0.2) is 36.4 Å². The van der Waals surface area contributed by atoms with Crippen LogP contribution in [0.4, 0.5) is 24.5 Å². The molecule has 2 aliphatic rings. The summed E-state index contributed by atoms with van der Waals surface area (Å²) in [7, 11) is 0. The highest BCUT2D eigenvalue weighted by molar-refractivity contribution is 6.31. The SMILES string of the molecule is Cc1c(Cl)cccc1C1(Nc2ccc3c(c2)N(CC(F)(F)F)C(=O)C3(C)C)CNC1. The minimum atomic E-state index is -4.48. The van der Waals surface area contributed by atoms with Gasteiger partial charge in [0.1, 0.15) is 6.54 Å². The van der Waals surface area contributed by atoms with Crippen LogP contribution in [-0.2, 0) is 15.7 Å². The fourth-order valence-electron chi connectivity index (χ4n) is 4.38. The molecular formula is C22H23ClF3N3O. The van der Waals surface area contributed by atoms with Gasteiger partial charge >= 0.3 is 6.18 Å². The summed E-state index contributed by atoms with van der Waals surface area (Å²) in [5, 5.41) is 7.42. The second-order valence-corrected chi connectivity index (χ2v) is 8.99. The molecule has 0 aromatic heterocycles. The summed E-state index contributed by atoms with van der Waals surface area (Å²) in [5.41, 5.74) is 2.14. The molecule has 0 unspecified atom stereocenters. The van der Waals surface area contributed by atoms with Crippen LogP contribution in [0.5, 0.6) is 0 Å². The third-order valence-corrected chi connectivity index (χ3v) is 6.51. The number of halogens is 4. The van der Waals surface area contributed by atoms with Crippen molar-refractivity contribution in [2.75, 3.05) is 29.9 Å². The van der Waals surface area contributed by atoms with Crippen LogP contribution in [0, 0.1) is 6.92 Å². The molecular weight excluding hydrogens is 415 g/mol. The molecule has 1 amide bonds. The number of anilines is 2. The Morgan fingerprint density at radius 1 is 1.17 bits per heavy atom. The van der Waals surface area contributed by atoms with Crippen molar-refractivity contribution >= 4 is 28.9 Å². The minimum Gasteiger partial charge on any atom is -0.373 e. The zero-order chi connectivity index (χ0) is 21.9. The van der Waals surface area contributed by atoms with E-state index >= 15 is 0 Å². The van der Waals surface area contributed by atoms with Crippen molar-refractivity contribution in [2.45, 2.75) is 37.9 Å². The van der Waals surface area contributed by atoms with E-state index < -0.39 is 29.6 Å². The van der Waals surface area contributed by atoms with Crippen LogP contribution >= 0.6 is 11.6 Å². The first kappa shape index (κ1) is 21.0. The summed E-state index contributed by atoms with van der Waals surface area (Å²) >= 11 is 6.31. The van der Waals surface area contributed by atoms with E-state index in [9.17, 15) is 18.0 Å². The number of alkyl halides is 3. The van der Waals surface area contributed by atoms with Crippen molar-refractivity contribution in [1.82, 2.24) is 5.32 Å². The van der Waals surface area contributed by atoms with Crippen LogP contribution in [-0.4, -0.2) is 31.7 Å². The van der Waals surface area contributed by atoms with E-state index in [0.717, 1.165) is 16.0 Å². The lowest BCUT2D eigenvalue weighted by molar-refractivity contribution is -0.134. The zero-order valence-corrected chi connectivity index (χ0v) is 17.7. The highest BCUT2D eigenvalue weighted by Crippen LogP contribution is 2.45. The summed E-state index contributed by atoms with van der Waals surface area (Å²) in [6.07, 6.45) is -4.48. The van der Waals surface area contributed by atoms with Gasteiger partial charge in [0, 0.05) is 23.8 Å².